The van der Waals surface area contributed by atoms with Crippen LogP contribution in [0.5, 0.6) is 5.75 Å². The summed E-state index contributed by atoms with van der Waals surface area (Å²) in [6.07, 6.45) is 1.46. The normalized spacial score (nSPS) is 19.2. The van der Waals surface area contributed by atoms with Crippen LogP contribution in [0.25, 0.3) is 0 Å². The average molecular weight is 311 g/mol. The van der Waals surface area contributed by atoms with Crippen molar-refractivity contribution in [1.29, 1.82) is 0 Å². The zero-order valence-electron chi connectivity index (χ0n) is 12.0. The summed E-state index contributed by atoms with van der Waals surface area (Å²) < 4.78 is 23.2. The Morgan fingerprint density at radius 2 is 2.14 bits per heavy atom. The third-order valence-electron chi connectivity index (χ3n) is 3.43. The monoisotopic (exact) mass is 311 g/mol. The first kappa shape index (κ1) is 16.2. The van der Waals surface area contributed by atoms with Crippen LogP contribution in [0.2, 0.25) is 0 Å². The second-order valence-electron chi connectivity index (χ2n) is 5.10. The highest BCUT2D eigenvalue weighted by molar-refractivity contribution is 5.84. The summed E-state index contributed by atoms with van der Waals surface area (Å²) in [5.74, 6) is -1.95. The number of hydrogen-bond acceptors (Lipinski definition) is 4. The number of ether oxygens (including phenoxy) is 2. The second-order valence-corrected chi connectivity index (χ2v) is 5.10. The smallest absolute Gasteiger partial charge is 0.326 e. The number of benzene rings is 1. The highest BCUT2D eigenvalue weighted by atomic mass is 19.1. The van der Waals surface area contributed by atoms with E-state index in [1.54, 1.807) is 0 Å². The number of carbonyl (C=O) groups excluding carboxylic acids is 1. The number of carboxylic acids is 1. The van der Waals surface area contributed by atoms with E-state index >= 15 is 0 Å². The molecule has 0 aliphatic carbocycles. The molecule has 0 radical (unpaired) electrons. The molecule has 1 aromatic carbocycles. The van der Waals surface area contributed by atoms with E-state index in [-0.39, 0.29) is 12.5 Å². The van der Waals surface area contributed by atoms with Crippen molar-refractivity contribution in [2.45, 2.75) is 18.9 Å². The Morgan fingerprint density at radius 3 is 2.73 bits per heavy atom. The summed E-state index contributed by atoms with van der Waals surface area (Å²) in [6.45, 7) is 0.601. The SMILES string of the molecule is O=C(COc1ccc(F)cc1)NC(C(=O)O)C1CCCOC1. The van der Waals surface area contributed by atoms with Crippen molar-refractivity contribution in [1.82, 2.24) is 5.32 Å². The topological polar surface area (TPSA) is 84.9 Å². The second kappa shape index (κ2) is 7.74. The zero-order chi connectivity index (χ0) is 15.9. The van der Waals surface area contributed by atoms with Gasteiger partial charge in [-0.25, -0.2) is 9.18 Å². The molecule has 1 saturated heterocycles. The van der Waals surface area contributed by atoms with E-state index in [0.29, 0.717) is 25.4 Å². The van der Waals surface area contributed by atoms with Gasteiger partial charge in [0.15, 0.2) is 6.61 Å². The van der Waals surface area contributed by atoms with E-state index in [0.717, 1.165) is 6.42 Å². The number of amides is 1. The quantitative estimate of drug-likeness (QED) is 0.824. The highest BCUT2D eigenvalue weighted by Crippen LogP contribution is 2.18. The third kappa shape index (κ3) is 4.70. The Labute approximate surface area is 127 Å². The summed E-state index contributed by atoms with van der Waals surface area (Å²) in [7, 11) is 0. The van der Waals surface area contributed by atoms with Gasteiger partial charge >= 0.3 is 5.97 Å². The van der Waals surface area contributed by atoms with Crippen molar-refractivity contribution in [3.8, 4) is 5.75 Å². The first-order valence-corrected chi connectivity index (χ1v) is 7.04. The van der Waals surface area contributed by atoms with Crippen molar-refractivity contribution < 1.29 is 28.6 Å². The van der Waals surface area contributed by atoms with E-state index in [2.05, 4.69) is 5.32 Å². The van der Waals surface area contributed by atoms with Crippen LogP contribution in [0.1, 0.15) is 12.8 Å². The molecule has 1 aromatic rings. The first-order valence-electron chi connectivity index (χ1n) is 7.04. The van der Waals surface area contributed by atoms with Crippen LogP contribution in [0.4, 0.5) is 4.39 Å². The maximum Gasteiger partial charge on any atom is 0.326 e. The standard InChI is InChI=1S/C15H18FNO5/c16-11-3-5-12(6-4-11)22-9-13(18)17-14(15(19)20)10-2-1-7-21-8-10/h3-6,10,14H,1-2,7-9H2,(H,17,18)(H,19,20). The number of carboxylic acid groups (broad SMARTS) is 1. The molecule has 1 fully saturated rings. The lowest BCUT2D eigenvalue weighted by Gasteiger charge is -2.28. The number of carbonyl (C=O) groups is 2. The lowest BCUT2D eigenvalue weighted by atomic mass is 9.94. The fourth-order valence-electron chi connectivity index (χ4n) is 2.30. The Hall–Kier alpha value is -2.15. The van der Waals surface area contributed by atoms with Crippen molar-refractivity contribution in [3.63, 3.8) is 0 Å². The first-order chi connectivity index (χ1) is 10.6. The van der Waals surface area contributed by atoms with E-state index < -0.39 is 23.7 Å². The van der Waals surface area contributed by atoms with Crippen LogP contribution < -0.4 is 10.1 Å². The molecule has 0 bridgehead atoms. The van der Waals surface area contributed by atoms with Crippen LogP contribution >= 0.6 is 0 Å². The maximum atomic E-state index is 12.7. The van der Waals surface area contributed by atoms with Gasteiger partial charge in [-0.2, -0.15) is 0 Å². The number of halogens is 1. The number of rotatable bonds is 6. The molecule has 1 aliphatic rings. The number of nitrogens with one attached hydrogen (secondary N) is 1. The van der Waals surface area contributed by atoms with Gasteiger partial charge in [0.25, 0.3) is 5.91 Å². The molecule has 0 spiro atoms. The molecule has 0 aromatic heterocycles. The van der Waals surface area contributed by atoms with Crippen LogP contribution in [0.3, 0.4) is 0 Å². The van der Waals surface area contributed by atoms with Gasteiger partial charge in [0.05, 0.1) is 6.61 Å². The van der Waals surface area contributed by atoms with Gasteiger partial charge in [-0.3, -0.25) is 4.79 Å². The van der Waals surface area contributed by atoms with Crippen LogP contribution in [-0.4, -0.2) is 42.8 Å². The lowest BCUT2D eigenvalue weighted by molar-refractivity contribution is -0.145. The zero-order valence-corrected chi connectivity index (χ0v) is 12.0. The number of aliphatic carboxylic acids is 1. The van der Waals surface area contributed by atoms with Crippen LogP contribution in [0.15, 0.2) is 24.3 Å². The summed E-state index contributed by atoms with van der Waals surface area (Å²) in [5, 5.41) is 11.7. The molecule has 2 rings (SSSR count). The molecule has 1 heterocycles. The Balaban J connectivity index is 1.85. The highest BCUT2D eigenvalue weighted by Gasteiger charge is 2.31. The van der Waals surface area contributed by atoms with Gasteiger partial charge in [-0.1, -0.05) is 0 Å². The van der Waals surface area contributed by atoms with Crippen LogP contribution in [0, 0.1) is 11.7 Å². The Morgan fingerprint density at radius 1 is 1.41 bits per heavy atom. The molecular weight excluding hydrogens is 293 g/mol. The molecule has 6 nitrogen and oxygen atoms in total. The van der Waals surface area contributed by atoms with Crippen molar-refractivity contribution >= 4 is 11.9 Å². The summed E-state index contributed by atoms with van der Waals surface area (Å²) in [4.78, 5) is 23.1. The van der Waals surface area contributed by atoms with Gasteiger partial charge in [0.2, 0.25) is 0 Å². The Kier molecular flexibility index (Phi) is 5.71. The molecule has 1 aliphatic heterocycles. The number of hydrogen-bond donors (Lipinski definition) is 2. The van der Waals surface area contributed by atoms with E-state index in [4.69, 9.17) is 9.47 Å². The van der Waals surface area contributed by atoms with Gasteiger partial charge in [0, 0.05) is 12.5 Å². The molecule has 7 heteroatoms. The van der Waals surface area contributed by atoms with Crippen molar-refractivity contribution in [2.24, 2.45) is 5.92 Å². The fraction of sp³-hybridized carbons (Fsp3) is 0.467. The minimum atomic E-state index is -1.09. The summed E-state index contributed by atoms with van der Waals surface area (Å²) >= 11 is 0. The fourth-order valence-corrected chi connectivity index (χ4v) is 2.30. The van der Waals surface area contributed by atoms with Gasteiger partial charge in [-0.05, 0) is 37.1 Å². The van der Waals surface area contributed by atoms with E-state index in [9.17, 15) is 19.1 Å². The summed E-state index contributed by atoms with van der Waals surface area (Å²) in [6, 6.07) is 4.22. The largest absolute Gasteiger partial charge is 0.484 e. The van der Waals surface area contributed by atoms with Crippen LogP contribution in [-0.2, 0) is 14.3 Å². The molecule has 2 N–H and O–H groups in total. The lowest BCUT2D eigenvalue weighted by Crippen LogP contribution is -2.49. The molecule has 2 unspecified atom stereocenters. The van der Waals surface area contributed by atoms with Gasteiger partial charge in [-0.15, -0.1) is 0 Å². The maximum absolute atomic E-state index is 12.7. The predicted molar refractivity (Wildman–Crippen MR) is 75.0 cm³/mol. The van der Waals surface area contributed by atoms with Gasteiger partial charge in [0.1, 0.15) is 17.6 Å². The van der Waals surface area contributed by atoms with E-state index in [1.807, 2.05) is 0 Å². The average Bonchev–Trinajstić information content (AvgIpc) is 2.52. The van der Waals surface area contributed by atoms with Crippen molar-refractivity contribution in [3.05, 3.63) is 30.1 Å². The van der Waals surface area contributed by atoms with E-state index in [1.165, 1.54) is 24.3 Å². The Bertz CT molecular complexity index is 513. The molecule has 2 atom stereocenters. The molecular formula is C15H18FNO5. The van der Waals surface area contributed by atoms with Crippen molar-refractivity contribution in [2.75, 3.05) is 19.8 Å². The minimum absolute atomic E-state index is 0.249. The molecule has 0 saturated carbocycles. The predicted octanol–water partition coefficient (Wildman–Crippen LogP) is 1.20. The third-order valence-corrected chi connectivity index (χ3v) is 3.43. The minimum Gasteiger partial charge on any atom is -0.484 e. The molecule has 1 amide bonds. The molecule has 22 heavy (non-hydrogen) atoms. The summed E-state index contributed by atoms with van der Waals surface area (Å²) in [5.41, 5.74) is 0. The van der Waals surface area contributed by atoms with Gasteiger partial charge < -0.3 is 19.9 Å². The molecule has 120 valence electrons.